The highest BCUT2D eigenvalue weighted by Crippen LogP contribution is 2.13. The van der Waals surface area contributed by atoms with Crippen molar-refractivity contribution in [2.75, 3.05) is 30.3 Å². The Morgan fingerprint density at radius 1 is 1.24 bits per heavy atom. The quantitative estimate of drug-likeness (QED) is 0.569. The van der Waals surface area contributed by atoms with Crippen LogP contribution in [0, 0.1) is 0 Å². The number of anilines is 1. The normalized spacial score (nSPS) is 11.0. The largest absolute Gasteiger partial charge is 0.398 e. The van der Waals surface area contributed by atoms with Gasteiger partial charge in [-0.15, -0.1) is 0 Å². The first-order valence-corrected chi connectivity index (χ1v) is 7.56. The summed E-state index contributed by atoms with van der Waals surface area (Å²) in [5, 5.41) is 0. The molecule has 0 bridgehead atoms. The first-order chi connectivity index (χ1) is 8.27. The van der Waals surface area contributed by atoms with E-state index in [1.807, 2.05) is 23.9 Å². The summed E-state index contributed by atoms with van der Waals surface area (Å²) in [5.74, 6) is 2.48. The van der Waals surface area contributed by atoms with Crippen molar-refractivity contribution in [2.24, 2.45) is 0 Å². The maximum absolute atomic E-state index is 5.97. The van der Waals surface area contributed by atoms with Crippen LogP contribution in [0.25, 0.3) is 0 Å². The van der Waals surface area contributed by atoms with Gasteiger partial charge >= 0.3 is 0 Å². The summed E-state index contributed by atoms with van der Waals surface area (Å²) < 4.78 is 0. The van der Waals surface area contributed by atoms with Gasteiger partial charge in [0.2, 0.25) is 0 Å². The van der Waals surface area contributed by atoms with E-state index in [4.69, 9.17) is 5.73 Å². The van der Waals surface area contributed by atoms with Crippen LogP contribution in [-0.2, 0) is 6.54 Å². The van der Waals surface area contributed by atoms with Gasteiger partial charge in [-0.25, -0.2) is 0 Å². The van der Waals surface area contributed by atoms with Gasteiger partial charge in [0.1, 0.15) is 0 Å². The molecule has 17 heavy (non-hydrogen) atoms. The molecule has 2 nitrogen and oxygen atoms in total. The Morgan fingerprint density at radius 3 is 2.65 bits per heavy atom. The predicted octanol–water partition coefficient (Wildman–Crippen LogP) is 3.23. The predicted molar refractivity (Wildman–Crippen MR) is 79.4 cm³/mol. The van der Waals surface area contributed by atoms with Gasteiger partial charge in [-0.2, -0.15) is 11.8 Å². The third-order valence-corrected chi connectivity index (χ3v) is 3.85. The third-order valence-electron chi connectivity index (χ3n) is 2.86. The van der Waals surface area contributed by atoms with Gasteiger partial charge in [0, 0.05) is 12.2 Å². The Bertz CT molecular complexity index is 315. The minimum Gasteiger partial charge on any atom is -0.398 e. The lowest BCUT2D eigenvalue weighted by Gasteiger charge is -2.21. The topological polar surface area (TPSA) is 29.3 Å². The molecular formula is C14H24N2S. The second-order valence-electron chi connectivity index (χ2n) is 4.12. The molecule has 0 aliphatic heterocycles. The smallest absolute Gasteiger partial charge is 0.0359 e. The summed E-state index contributed by atoms with van der Waals surface area (Å²) in [5.41, 5.74) is 8.13. The molecule has 0 aliphatic rings. The molecule has 1 aromatic rings. The van der Waals surface area contributed by atoms with Crippen LogP contribution in [0.5, 0.6) is 0 Å². The van der Waals surface area contributed by atoms with Crippen LogP contribution in [0.3, 0.4) is 0 Å². The fourth-order valence-corrected chi connectivity index (χ4v) is 2.42. The number of hydrogen-bond donors (Lipinski definition) is 1. The Hall–Kier alpha value is -0.670. The molecule has 0 spiro atoms. The average Bonchev–Trinajstić information content (AvgIpc) is 2.35. The van der Waals surface area contributed by atoms with Crippen molar-refractivity contribution >= 4 is 17.4 Å². The molecule has 3 heteroatoms. The molecule has 2 N–H and O–H groups in total. The first kappa shape index (κ1) is 14.4. The second-order valence-corrected chi connectivity index (χ2v) is 5.51. The fraction of sp³-hybridized carbons (Fsp3) is 0.571. The highest BCUT2D eigenvalue weighted by atomic mass is 32.2. The standard InChI is InChI=1S/C14H24N2S/c1-3-16(10-7-11-17-4-2)12-13-8-5-6-9-14(13)15/h5-6,8-9H,3-4,7,10-12,15H2,1-2H3. The lowest BCUT2D eigenvalue weighted by molar-refractivity contribution is 0.282. The Labute approximate surface area is 110 Å². The zero-order valence-electron chi connectivity index (χ0n) is 11.0. The van der Waals surface area contributed by atoms with Gasteiger partial charge in [0.25, 0.3) is 0 Å². The number of rotatable bonds is 8. The van der Waals surface area contributed by atoms with Crippen LogP contribution in [-0.4, -0.2) is 29.5 Å². The summed E-state index contributed by atoms with van der Waals surface area (Å²) in [6.45, 7) is 7.65. The lowest BCUT2D eigenvalue weighted by atomic mass is 10.1. The third kappa shape index (κ3) is 5.46. The summed E-state index contributed by atoms with van der Waals surface area (Å²) >= 11 is 2.02. The van der Waals surface area contributed by atoms with Crippen LogP contribution in [0.1, 0.15) is 25.8 Å². The van der Waals surface area contributed by atoms with Crippen LogP contribution >= 0.6 is 11.8 Å². The summed E-state index contributed by atoms with van der Waals surface area (Å²) in [4.78, 5) is 2.46. The first-order valence-electron chi connectivity index (χ1n) is 6.41. The zero-order valence-corrected chi connectivity index (χ0v) is 11.8. The lowest BCUT2D eigenvalue weighted by Crippen LogP contribution is -2.24. The van der Waals surface area contributed by atoms with E-state index in [0.717, 1.165) is 25.3 Å². The molecule has 0 saturated carbocycles. The zero-order chi connectivity index (χ0) is 12.5. The van der Waals surface area contributed by atoms with E-state index in [2.05, 4.69) is 30.9 Å². The van der Waals surface area contributed by atoms with E-state index in [1.165, 1.54) is 23.5 Å². The van der Waals surface area contributed by atoms with E-state index in [9.17, 15) is 0 Å². The number of para-hydroxylation sites is 1. The Morgan fingerprint density at radius 2 is 2.00 bits per heavy atom. The molecule has 0 atom stereocenters. The van der Waals surface area contributed by atoms with Crippen LogP contribution in [0.4, 0.5) is 5.69 Å². The highest BCUT2D eigenvalue weighted by molar-refractivity contribution is 7.99. The van der Waals surface area contributed by atoms with Crippen molar-refractivity contribution in [3.8, 4) is 0 Å². The molecule has 96 valence electrons. The van der Waals surface area contributed by atoms with Crippen LogP contribution in [0.15, 0.2) is 24.3 Å². The number of nitrogens with zero attached hydrogens (tertiary/aromatic N) is 1. The molecular weight excluding hydrogens is 228 g/mol. The van der Waals surface area contributed by atoms with Crippen molar-refractivity contribution < 1.29 is 0 Å². The molecule has 0 radical (unpaired) electrons. The Balaban J connectivity index is 2.38. The summed E-state index contributed by atoms with van der Waals surface area (Å²) in [6, 6.07) is 8.16. The molecule has 0 aromatic heterocycles. The van der Waals surface area contributed by atoms with Crippen molar-refractivity contribution in [3.63, 3.8) is 0 Å². The SMILES string of the molecule is CCSCCCN(CC)Cc1ccccc1N. The molecule has 0 unspecified atom stereocenters. The minimum atomic E-state index is 0.911. The van der Waals surface area contributed by atoms with E-state index in [0.29, 0.717) is 0 Å². The molecule has 1 rings (SSSR count). The fourth-order valence-electron chi connectivity index (χ4n) is 1.80. The van der Waals surface area contributed by atoms with Crippen LogP contribution in [0.2, 0.25) is 0 Å². The van der Waals surface area contributed by atoms with E-state index in [1.54, 1.807) is 0 Å². The molecule has 1 aromatic carbocycles. The number of nitrogens with two attached hydrogens (primary N) is 1. The highest BCUT2D eigenvalue weighted by Gasteiger charge is 2.05. The van der Waals surface area contributed by atoms with Gasteiger partial charge in [-0.1, -0.05) is 32.0 Å². The van der Waals surface area contributed by atoms with Crippen molar-refractivity contribution in [1.29, 1.82) is 0 Å². The van der Waals surface area contributed by atoms with E-state index in [-0.39, 0.29) is 0 Å². The summed E-state index contributed by atoms with van der Waals surface area (Å²) in [6.07, 6.45) is 1.26. The number of hydrogen-bond acceptors (Lipinski definition) is 3. The average molecular weight is 252 g/mol. The molecule has 0 aliphatic carbocycles. The molecule has 0 saturated heterocycles. The van der Waals surface area contributed by atoms with E-state index >= 15 is 0 Å². The molecule has 0 amide bonds. The van der Waals surface area contributed by atoms with Gasteiger partial charge < -0.3 is 5.73 Å². The maximum Gasteiger partial charge on any atom is 0.0359 e. The molecule has 0 heterocycles. The number of thioether (sulfide) groups is 1. The summed E-state index contributed by atoms with van der Waals surface area (Å²) in [7, 11) is 0. The number of benzene rings is 1. The maximum atomic E-state index is 5.97. The van der Waals surface area contributed by atoms with Gasteiger partial charge in [0.15, 0.2) is 0 Å². The van der Waals surface area contributed by atoms with Crippen molar-refractivity contribution in [3.05, 3.63) is 29.8 Å². The monoisotopic (exact) mass is 252 g/mol. The van der Waals surface area contributed by atoms with Crippen LogP contribution < -0.4 is 5.73 Å². The molecule has 0 fully saturated rings. The number of nitrogen functional groups attached to an aromatic ring is 1. The second kappa shape index (κ2) is 8.43. The minimum absolute atomic E-state index is 0.911. The van der Waals surface area contributed by atoms with Gasteiger partial charge in [-0.05, 0) is 42.6 Å². The Kier molecular flexibility index (Phi) is 7.13. The van der Waals surface area contributed by atoms with Crippen molar-refractivity contribution in [1.82, 2.24) is 4.90 Å². The van der Waals surface area contributed by atoms with Crippen molar-refractivity contribution in [2.45, 2.75) is 26.8 Å². The van der Waals surface area contributed by atoms with E-state index < -0.39 is 0 Å². The van der Waals surface area contributed by atoms with Gasteiger partial charge in [-0.3, -0.25) is 4.90 Å². The van der Waals surface area contributed by atoms with Gasteiger partial charge in [0.05, 0.1) is 0 Å².